The summed E-state index contributed by atoms with van der Waals surface area (Å²) >= 11 is 0. The molecular formula is C21H22N2O3. The predicted molar refractivity (Wildman–Crippen MR) is 101 cm³/mol. The first-order valence-electron chi connectivity index (χ1n) is 8.76. The van der Waals surface area contributed by atoms with Crippen molar-refractivity contribution in [1.29, 1.82) is 0 Å². The molecule has 0 radical (unpaired) electrons. The lowest BCUT2D eigenvalue weighted by molar-refractivity contribution is 0.0521. The van der Waals surface area contributed by atoms with E-state index in [-0.39, 0.29) is 12.0 Å². The van der Waals surface area contributed by atoms with E-state index in [0.29, 0.717) is 18.7 Å². The van der Waals surface area contributed by atoms with Gasteiger partial charge in [0.25, 0.3) is 5.91 Å². The van der Waals surface area contributed by atoms with Crippen molar-refractivity contribution in [2.45, 2.75) is 20.0 Å². The van der Waals surface area contributed by atoms with E-state index >= 15 is 0 Å². The van der Waals surface area contributed by atoms with Crippen molar-refractivity contribution in [2.24, 2.45) is 0 Å². The van der Waals surface area contributed by atoms with Crippen LogP contribution in [0.5, 0.6) is 11.5 Å². The Kier molecular flexibility index (Phi) is 4.07. The molecule has 1 aliphatic rings. The van der Waals surface area contributed by atoms with Gasteiger partial charge in [-0.05, 0) is 49.7 Å². The summed E-state index contributed by atoms with van der Waals surface area (Å²) in [4.78, 5) is 17.9. The smallest absolute Gasteiger partial charge is 0.253 e. The first-order valence-corrected chi connectivity index (χ1v) is 8.76. The van der Waals surface area contributed by atoms with E-state index in [1.807, 2.05) is 49.4 Å². The maximum atomic E-state index is 12.8. The predicted octanol–water partition coefficient (Wildman–Crippen LogP) is 3.70. The molecule has 0 spiro atoms. The average Bonchev–Trinajstić information content (AvgIpc) is 2.94. The number of aromatic nitrogens is 1. The topological polar surface area (TPSA) is 54.6 Å². The molecule has 1 unspecified atom stereocenters. The summed E-state index contributed by atoms with van der Waals surface area (Å²) in [5, 5.41) is 1.09. The van der Waals surface area contributed by atoms with Gasteiger partial charge < -0.3 is 19.4 Å². The summed E-state index contributed by atoms with van der Waals surface area (Å²) in [5.41, 5.74) is 4.04. The van der Waals surface area contributed by atoms with E-state index in [9.17, 15) is 4.79 Å². The van der Waals surface area contributed by atoms with Gasteiger partial charge in [-0.1, -0.05) is 12.1 Å². The number of ether oxygens (including phenoxy) is 2. The SMILES string of the molecule is Cc1[nH]c2ccc(C(=O)N(C)CC3COc4ccccc4O3)cc2c1C. The van der Waals surface area contributed by atoms with Crippen molar-refractivity contribution in [2.75, 3.05) is 20.2 Å². The summed E-state index contributed by atoms with van der Waals surface area (Å²) in [6.07, 6.45) is -0.182. The number of aromatic amines is 1. The molecule has 2 aromatic carbocycles. The molecule has 0 bridgehead atoms. The molecule has 1 N–H and O–H groups in total. The van der Waals surface area contributed by atoms with E-state index in [1.165, 1.54) is 5.56 Å². The lowest BCUT2D eigenvalue weighted by Gasteiger charge is -2.29. The van der Waals surface area contributed by atoms with E-state index in [2.05, 4.69) is 11.9 Å². The average molecular weight is 350 g/mol. The number of rotatable bonds is 3. The number of H-pyrrole nitrogens is 1. The van der Waals surface area contributed by atoms with Gasteiger partial charge in [-0.25, -0.2) is 0 Å². The number of fused-ring (bicyclic) bond motifs is 2. The van der Waals surface area contributed by atoms with Gasteiger partial charge in [0.15, 0.2) is 17.6 Å². The lowest BCUT2D eigenvalue weighted by Crippen LogP contribution is -2.41. The molecule has 0 fully saturated rings. The van der Waals surface area contributed by atoms with Crippen LogP contribution in [0.2, 0.25) is 0 Å². The Hall–Kier alpha value is -2.95. The van der Waals surface area contributed by atoms with Crippen molar-refractivity contribution < 1.29 is 14.3 Å². The second-order valence-electron chi connectivity index (χ2n) is 6.82. The van der Waals surface area contributed by atoms with Gasteiger partial charge >= 0.3 is 0 Å². The van der Waals surface area contributed by atoms with Crippen molar-refractivity contribution >= 4 is 16.8 Å². The van der Waals surface area contributed by atoms with Crippen LogP contribution in [-0.2, 0) is 0 Å². The summed E-state index contributed by atoms with van der Waals surface area (Å²) in [6.45, 7) is 5.01. The number of benzene rings is 2. The quantitative estimate of drug-likeness (QED) is 0.784. The van der Waals surface area contributed by atoms with Crippen LogP contribution in [0.25, 0.3) is 10.9 Å². The summed E-state index contributed by atoms with van der Waals surface area (Å²) in [6, 6.07) is 13.4. The maximum Gasteiger partial charge on any atom is 0.253 e. The number of hydrogen-bond acceptors (Lipinski definition) is 3. The highest BCUT2D eigenvalue weighted by Gasteiger charge is 2.24. The number of nitrogens with one attached hydrogen (secondary N) is 1. The molecule has 134 valence electrons. The van der Waals surface area contributed by atoms with Crippen molar-refractivity contribution in [1.82, 2.24) is 9.88 Å². The number of likely N-dealkylation sites (N-methyl/N-ethyl adjacent to an activating group) is 1. The minimum Gasteiger partial charge on any atom is -0.486 e. The zero-order valence-electron chi connectivity index (χ0n) is 15.2. The van der Waals surface area contributed by atoms with Gasteiger partial charge in [0, 0.05) is 29.2 Å². The highest BCUT2D eigenvalue weighted by molar-refractivity contribution is 5.99. The molecule has 5 heteroatoms. The monoisotopic (exact) mass is 350 g/mol. The third-order valence-electron chi connectivity index (χ3n) is 4.95. The second-order valence-corrected chi connectivity index (χ2v) is 6.82. The van der Waals surface area contributed by atoms with Gasteiger partial charge in [0.2, 0.25) is 0 Å². The second kappa shape index (κ2) is 6.41. The Morgan fingerprint density at radius 3 is 2.77 bits per heavy atom. The maximum absolute atomic E-state index is 12.8. The van der Waals surface area contributed by atoms with Crippen LogP contribution < -0.4 is 9.47 Å². The fourth-order valence-electron chi connectivity index (χ4n) is 3.36. The van der Waals surface area contributed by atoms with E-state index in [0.717, 1.165) is 28.1 Å². The standard InChI is InChI=1S/C21H22N2O3/c1-13-14(2)22-18-9-8-15(10-17(13)18)21(24)23(3)11-16-12-25-19-6-4-5-7-20(19)26-16/h4-10,16,22H,11-12H2,1-3H3. The van der Waals surface area contributed by atoms with Crippen molar-refractivity contribution in [3.63, 3.8) is 0 Å². The van der Waals surface area contributed by atoms with Crippen LogP contribution in [0.1, 0.15) is 21.6 Å². The fraction of sp³-hybridized carbons (Fsp3) is 0.286. The van der Waals surface area contributed by atoms with Crippen LogP contribution >= 0.6 is 0 Å². The summed E-state index contributed by atoms with van der Waals surface area (Å²) in [5.74, 6) is 1.46. The third kappa shape index (κ3) is 2.90. The number of hydrogen-bond donors (Lipinski definition) is 1. The summed E-state index contributed by atoms with van der Waals surface area (Å²) < 4.78 is 11.7. The summed E-state index contributed by atoms with van der Waals surface area (Å²) in [7, 11) is 1.80. The highest BCUT2D eigenvalue weighted by Crippen LogP contribution is 2.31. The number of amides is 1. The third-order valence-corrected chi connectivity index (χ3v) is 4.95. The Labute approximate surface area is 152 Å². The van der Waals surface area contributed by atoms with Gasteiger partial charge in [0.1, 0.15) is 6.61 Å². The molecule has 5 nitrogen and oxygen atoms in total. The largest absolute Gasteiger partial charge is 0.486 e. The molecule has 4 rings (SSSR count). The zero-order chi connectivity index (χ0) is 18.3. The van der Waals surface area contributed by atoms with Gasteiger partial charge in [-0.3, -0.25) is 4.79 Å². The molecule has 0 aliphatic carbocycles. The van der Waals surface area contributed by atoms with Gasteiger partial charge in [0.05, 0.1) is 6.54 Å². The molecule has 1 atom stereocenters. The fourth-order valence-corrected chi connectivity index (χ4v) is 3.36. The van der Waals surface area contributed by atoms with Crippen LogP contribution in [0.3, 0.4) is 0 Å². The lowest BCUT2D eigenvalue weighted by atomic mass is 10.1. The van der Waals surface area contributed by atoms with E-state index in [1.54, 1.807) is 11.9 Å². The Morgan fingerprint density at radius 2 is 1.96 bits per heavy atom. The number of carbonyl (C=O) groups is 1. The highest BCUT2D eigenvalue weighted by atomic mass is 16.6. The Bertz CT molecular complexity index is 977. The number of para-hydroxylation sites is 2. The first-order chi connectivity index (χ1) is 12.5. The van der Waals surface area contributed by atoms with E-state index in [4.69, 9.17) is 9.47 Å². The molecule has 1 amide bonds. The molecule has 2 heterocycles. The zero-order valence-corrected chi connectivity index (χ0v) is 15.2. The number of carbonyl (C=O) groups excluding carboxylic acids is 1. The molecular weight excluding hydrogens is 328 g/mol. The first kappa shape index (κ1) is 16.5. The molecule has 3 aromatic rings. The molecule has 1 aromatic heterocycles. The van der Waals surface area contributed by atoms with Crippen molar-refractivity contribution in [3.8, 4) is 11.5 Å². The Balaban J connectivity index is 1.49. The van der Waals surface area contributed by atoms with Gasteiger partial charge in [-0.2, -0.15) is 0 Å². The van der Waals surface area contributed by atoms with Gasteiger partial charge in [-0.15, -0.1) is 0 Å². The number of nitrogens with zero attached hydrogens (tertiary/aromatic N) is 1. The van der Waals surface area contributed by atoms with Crippen LogP contribution in [0.4, 0.5) is 0 Å². The molecule has 1 aliphatic heterocycles. The molecule has 26 heavy (non-hydrogen) atoms. The van der Waals surface area contributed by atoms with Crippen molar-refractivity contribution in [3.05, 3.63) is 59.3 Å². The van der Waals surface area contributed by atoms with Crippen LogP contribution in [-0.4, -0.2) is 42.1 Å². The van der Waals surface area contributed by atoms with Crippen LogP contribution in [0, 0.1) is 13.8 Å². The Morgan fingerprint density at radius 1 is 1.19 bits per heavy atom. The molecule has 0 saturated heterocycles. The minimum atomic E-state index is -0.182. The number of aryl methyl sites for hydroxylation is 2. The van der Waals surface area contributed by atoms with E-state index < -0.39 is 0 Å². The normalized spacial score (nSPS) is 15.9. The van der Waals surface area contributed by atoms with Crippen LogP contribution in [0.15, 0.2) is 42.5 Å². The molecule has 0 saturated carbocycles. The minimum absolute atomic E-state index is 0.0207.